The van der Waals surface area contributed by atoms with Gasteiger partial charge >= 0.3 is 5.97 Å². The second-order valence-electron chi connectivity index (χ2n) is 5.62. The highest BCUT2D eigenvalue weighted by Gasteiger charge is 2.21. The summed E-state index contributed by atoms with van der Waals surface area (Å²) in [5.74, 6) is 0.179. The standard InChI is InChI=1S/C18H17BrN2O3S2/c1-4-24-18(23)14-9(2)13-16(22)20-15(21-17(13)26-14)10(3)25-12-7-5-11(19)6-8-12/h5-8,10H,4H2,1-3H3,(H,20,21,22). The Morgan fingerprint density at radius 1 is 1.38 bits per heavy atom. The van der Waals surface area contributed by atoms with Crippen LogP contribution in [0.1, 0.15) is 40.2 Å². The third kappa shape index (κ3) is 3.87. The van der Waals surface area contributed by atoms with Crippen LogP contribution in [0.2, 0.25) is 0 Å². The lowest BCUT2D eigenvalue weighted by molar-refractivity contribution is 0.0531. The molecule has 1 N–H and O–H groups in total. The molecular weight excluding hydrogens is 436 g/mol. The molecule has 0 spiro atoms. The lowest BCUT2D eigenvalue weighted by Gasteiger charge is -2.10. The van der Waals surface area contributed by atoms with Crippen LogP contribution in [0.4, 0.5) is 0 Å². The molecule has 1 atom stereocenters. The fraction of sp³-hybridized carbons (Fsp3) is 0.278. The molecule has 136 valence electrons. The van der Waals surface area contributed by atoms with Gasteiger partial charge in [0.25, 0.3) is 5.56 Å². The zero-order valence-corrected chi connectivity index (χ0v) is 17.7. The van der Waals surface area contributed by atoms with E-state index in [9.17, 15) is 9.59 Å². The van der Waals surface area contributed by atoms with Crippen molar-refractivity contribution in [2.75, 3.05) is 6.61 Å². The molecule has 0 radical (unpaired) electrons. The van der Waals surface area contributed by atoms with Crippen molar-refractivity contribution < 1.29 is 9.53 Å². The van der Waals surface area contributed by atoms with E-state index in [0.717, 1.165) is 9.37 Å². The number of aromatic amines is 1. The quantitative estimate of drug-likeness (QED) is 0.431. The number of nitrogens with one attached hydrogen (secondary N) is 1. The second-order valence-corrected chi connectivity index (χ2v) is 8.95. The van der Waals surface area contributed by atoms with Gasteiger partial charge in [-0.3, -0.25) is 4.79 Å². The first-order valence-corrected chi connectivity index (χ1v) is 10.5. The molecule has 1 unspecified atom stereocenters. The SMILES string of the molecule is CCOC(=O)c1sc2nc(C(C)Sc3ccc(Br)cc3)[nH]c(=O)c2c1C. The molecule has 0 bridgehead atoms. The summed E-state index contributed by atoms with van der Waals surface area (Å²) in [6.45, 7) is 5.79. The molecule has 5 nitrogen and oxygen atoms in total. The van der Waals surface area contributed by atoms with Crippen molar-refractivity contribution >= 4 is 55.2 Å². The third-order valence-corrected chi connectivity index (χ3v) is 6.61. The Balaban J connectivity index is 1.96. The molecule has 26 heavy (non-hydrogen) atoms. The van der Waals surface area contributed by atoms with E-state index in [4.69, 9.17) is 4.74 Å². The number of H-pyrrole nitrogens is 1. The van der Waals surface area contributed by atoms with Crippen LogP contribution in [-0.4, -0.2) is 22.5 Å². The van der Waals surface area contributed by atoms with Crippen LogP contribution in [0, 0.1) is 6.92 Å². The summed E-state index contributed by atoms with van der Waals surface area (Å²) in [5, 5.41) is 0.421. The fourth-order valence-corrected chi connectivity index (χ4v) is 4.79. The van der Waals surface area contributed by atoms with Crippen LogP contribution in [0.3, 0.4) is 0 Å². The van der Waals surface area contributed by atoms with Crippen molar-refractivity contribution in [2.24, 2.45) is 0 Å². The number of carbonyl (C=O) groups excluding carboxylic acids is 1. The number of ether oxygens (including phenoxy) is 1. The van der Waals surface area contributed by atoms with Crippen LogP contribution in [0.5, 0.6) is 0 Å². The number of esters is 1. The highest BCUT2D eigenvalue weighted by molar-refractivity contribution is 9.10. The molecule has 2 heterocycles. The van der Waals surface area contributed by atoms with Crippen molar-refractivity contribution in [1.82, 2.24) is 9.97 Å². The number of hydrogen-bond donors (Lipinski definition) is 1. The maximum absolute atomic E-state index is 12.6. The molecule has 0 saturated heterocycles. The van der Waals surface area contributed by atoms with Gasteiger partial charge in [-0.2, -0.15) is 0 Å². The summed E-state index contributed by atoms with van der Waals surface area (Å²) in [4.78, 5) is 34.2. The Morgan fingerprint density at radius 3 is 2.73 bits per heavy atom. The van der Waals surface area contributed by atoms with Crippen LogP contribution in [0.15, 0.2) is 38.4 Å². The van der Waals surface area contributed by atoms with E-state index in [2.05, 4.69) is 25.9 Å². The van der Waals surface area contributed by atoms with E-state index in [1.165, 1.54) is 11.3 Å². The molecule has 3 aromatic rings. The molecule has 1 aromatic carbocycles. The second kappa shape index (κ2) is 7.94. The largest absolute Gasteiger partial charge is 0.462 e. The minimum Gasteiger partial charge on any atom is -0.462 e. The first-order valence-electron chi connectivity index (χ1n) is 8.03. The van der Waals surface area contributed by atoms with Gasteiger partial charge in [0.1, 0.15) is 15.5 Å². The topological polar surface area (TPSA) is 72.0 Å². The molecule has 0 aliphatic rings. The number of hydrogen-bond acceptors (Lipinski definition) is 6. The Bertz CT molecular complexity index is 1010. The first kappa shape index (κ1) is 19.1. The minimum atomic E-state index is -0.411. The fourth-order valence-electron chi connectivity index (χ4n) is 2.52. The molecule has 0 fully saturated rings. The Morgan fingerprint density at radius 2 is 2.08 bits per heavy atom. The van der Waals surface area contributed by atoms with Crippen molar-refractivity contribution in [3.8, 4) is 0 Å². The van der Waals surface area contributed by atoms with Gasteiger partial charge in [0.2, 0.25) is 0 Å². The Labute approximate surface area is 167 Å². The predicted octanol–water partition coefficient (Wildman–Crippen LogP) is 5.09. The number of thioether (sulfide) groups is 1. The van der Waals surface area contributed by atoms with Gasteiger partial charge in [0.05, 0.1) is 17.2 Å². The summed E-state index contributed by atoms with van der Waals surface area (Å²) in [6, 6.07) is 7.97. The molecule has 3 rings (SSSR count). The summed E-state index contributed by atoms with van der Waals surface area (Å²) in [7, 11) is 0. The predicted molar refractivity (Wildman–Crippen MR) is 109 cm³/mol. The molecule has 0 aliphatic carbocycles. The van der Waals surface area contributed by atoms with E-state index in [-0.39, 0.29) is 10.8 Å². The van der Waals surface area contributed by atoms with Gasteiger partial charge in [-0.1, -0.05) is 15.9 Å². The van der Waals surface area contributed by atoms with E-state index in [1.807, 2.05) is 31.2 Å². The molecule has 0 aliphatic heterocycles. The van der Waals surface area contributed by atoms with Crippen molar-refractivity contribution in [3.63, 3.8) is 0 Å². The molecule has 0 amide bonds. The van der Waals surface area contributed by atoms with Gasteiger partial charge in [-0.25, -0.2) is 9.78 Å². The maximum atomic E-state index is 12.6. The first-order chi connectivity index (χ1) is 12.4. The normalized spacial score (nSPS) is 12.3. The van der Waals surface area contributed by atoms with Crippen molar-refractivity contribution in [3.05, 3.63) is 55.4 Å². The average Bonchev–Trinajstić information content (AvgIpc) is 2.94. The third-order valence-electron chi connectivity index (χ3n) is 3.79. The number of rotatable bonds is 5. The Kier molecular flexibility index (Phi) is 5.84. The van der Waals surface area contributed by atoms with E-state index >= 15 is 0 Å². The molecular formula is C18H17BrN2O3S2. The number of carbonyl (C=O) groups is 1. The number of aryl methyl sites for hydroxylation is 1. The maximum Gasteiger partial charge on any atom is 0.348 e. The lowest BCUT2D eigenvalue weighted by Crippen LogP contribution is -2.12. The van der Waals surface area contributed by atoms with Crippen LogP contribution in [0.25, 0.3) is 10.2 Å². The number of aromatic nitrogens is 2. The van der Waals surface area contributed by atoms with E-state index in [0.29, 0.717) is 33.1 Å². The smallest absolute Gasteiger partial charge is 0.348 e. The minimum absolute atomic E-state index is 0.0401. The number of fused-ring (bicyclic) bond motifs is 1. The summed E-state index contributed by atoms with van der Waals surface area (Å²) >= 11 is 6.23. The van der Waals surface area contributed by atoms with E-state index < -0.39 is 5.97 Å². The van der Waals surface area contributed by atoms with Gasteiger partial charge in [0.15, 0.2) is 0 Å². The lowest BCUT2D eigenvalue weighted by atomic mass is 10.2. The number of halogens is 1. The van der Waals surface area contributed by atoms with Gasteiger partial charge in [-0.05, 0) is 50.6 Å². The zero-order chi connectivity index (χ0) is 18.8. The van der Waals surface area contributed by atoms with Crippen molar-refractivity contribution in [1.29, 1.82) is 0 Å². The Hall–Kier alpha value is -1.64. The number of thiophene rings is 1. The van der Waals surface area contributed by atoms with Gasteiger partial charge < -0.3 is 9.72 Å². The van der Waals surface area contributed by atoms with Gasteiger partial charge in [-0.15, -0.1) is 23.1 Å². The summed E-state index contributed by atoms with van der Waals surface area (Å²) < 4.78 is 6.08. The summed E-state index contributed by atoms with van der Waals surface area (Å²) in [6.07, 6.45) is 0. The molecule has 2 aromatic heterocycles. The van der Waals surface area contributed by atoms with Crippen molar-refractivity contribution in [2.45, 2.75) is 30.9 Å². The van der Waals surface area contributed by atoms with Crippen LogP contribution >= 0.6 is 39.0 Å². The zero-order valence-electron chi connectivity index (χ0n) is 14.5. The highest BCUT2D eigenvalue weighted by atomic mass is 79.9. The monoisotopic (exact) mass is 452 g/mol. The summed E-state index contributed by atoms with van der Waals surface area (Å²) in [5.41, 5.74) is 0.398. The van der Waals surface area contributed by atoms with Gasteiger partial charge in [0, 0.05) is 9.37 Å². The number of benzene rings is 1. The molecule has 8 heteroatoms. The number of nitrogens with zero attached hydrogens (tertiary/aromatic N) is 1. The van der Waals surface area contributed by atoms with Crippen LogP contribution < -0.4 is 5.56 Å². The van der Waals surface area contributed by atoms with E-state index in [1.54, 1.807) is 25.6 Å². The highest BCUT2D eigenvalue weighted by Crippen LogP contribution is 2.35. The average molecular weight is 453 g/mol. The van der Waals surface area contributed by atoms with Crippen LogP contribution in [-0.2, 0) is 4.74 Å². The molecule has 0 saturated carbocycles.